The largest absolute Gasteiger partial charge is 0.480 e. The van der Waals surface area contributed by atoms with E-state index in [9.17, 15) is 4.79 Å². The average molecular weight is 323 g/mol. The third kappa shape index (κ3) is 3.24. The molecular weight excluding hydrogens is 306 g/mol. The molecule has 0 bridgehead atoms. The van der Waals surface area contributed by atoms with Crippen molar-refractivity contribution in [1.82, 2.24) is 25.3 Å². The Hall–Kier alpha value is -3.22. The second-order valence-electron chi connectivity index (χ2n) is 5.19. The molecule has 2 heterocycles. The lowest BCUT2D eigenvalue weighted by molar-refractivity contribution is 0.0936. The number of ether oxygens (including phenoxy) is 1. The van der Waals surface area contributed by atoms with Gasteiger partial charge in [0.05, 0.1) is 31.2 Å². The molecule has 7 heteroatoms. The Labute approximate surface area is 139 Å². The van der Waals surface area contributed by atoms with Crippen LogP contribution < -0.4 is 10.1 Å². The Balaban J connectivity index is 1.72. The van der Waals surface area contributed by atoms with Gasteiger partial charge in [-0.05, 0) is 36.8 Å². The zero-order chi connectivity index (χ0) is 16.9. The van der Waals surface area contributed by atoms with Crippen molar-refractivity contribution in [3.63, 3.8) is 0 Å². The van der Waals surface area contributed by atoms with E-state index in [0.717, 1.165) is 11.3 Å². The monoisotopic (exact) mass is 323 g/mol. The molecule has 3 aromatic rings. The van der Waals surface area contributed by atoms with Gasteiger partial charge in [0, 0.05) is 6.20 Å². The summed E-state index contributed by atoms with van der Waals surface area (Å²) < 4.78 is 6.80. The van der Waals surface area contributed by atoms with Crippen molar-refractivity contribution in [1.29, 1.82) is 0 Å². The van der Waals surface area contributed by atoms with Crippen LogP contribution >= 0.6 is 0 Å². The van der Waals surface area contributed by atoms with E-state index < -0.39 is 0 Å². The minimum Gasteiger partial charge on any atom is -0.480 e. The van der Waals surface area contributed by atoms with E-state index in [1.54, 1.807) is 35.4 Å². The number of hydrogen-bond acceptors (Lipinski definition) is 5. The van der Waals surface area contributed by atoms with Crippen LogP contribution in [0.5, 0.6) is 5.88 Å². The topological polar surface area (TPSA) is 81.9 Å². The number of rotatable bonds is 5. The first-order chi connectivity index (χ1) is 11.7. The number of nitrogens with one attached hydrogen (secondary N) is 1. The number of amides is 1. The van der Waals surface area contributed by atoms with Crippen LogP contribution in [0.15, 0.2) is 55.0 Å². The first-order valence-corrected chi connectivity index (χ1v) is 7.45. The average Bonchev–Trinajstić information content (AvgIpc) is 3.16. The Kier molecular flexibility index (Phi) is 4.51. The van der Waals surface area contributed by atoms with Gasteiger partial charge in [0.15, 0.2) is 0 Å². The number of methoxy groups -OCH3 is 1. The van der Waals surface area contributed by atoms with Crippen LogP contribution in [-0.4, -0.2) is 33.0 Å². The van der Waals surface area contributed by atoms with Crippen molar-refractivity contribution < 1.29 is 9.53 Å². The zero-order valence-corrected chi connectivity index (χ0v) is 13.4. The molecule has 0 aliphatic heterocycles. The van der Waals surface area contributed by atoms with Crippen molar-refractivity contribution in [2.45, 2.75) is 13.0 Å². The van der Waals surface area contributed by atoms with Crippen molar-refractivity contribution in [3.8, 4) is 11.6 Å². The Morgan fingerprint density at radius 2 is 2.00 bits per heavy atom. The Morgan fingerprint density at radius 3 is 2.67 bits per heavy atom. The van der Waals surface area contributed by atoms with Crippen molar-refractivity contribution >= 4 is 5.91 Å². The SMILES string of the molecule is COc1ncccc1C(=O)N[C@H](C)c1ccc(-n2ccnn2)cc1. The molecular formula is C17H17N5O2. The van der Waals surface area contributed by atoms with Gasteiger partial charge in [-0.2, -0.15) is 0 Å². The number of pyridine rings is 1. The van der Waals surface area contributed by atoms with Crippen LogP contribution in [-0.2, 0) is 0 Å². The first-order valence-electron chi connectivity index (χ1n) is 7.45. The summed E-state index contributed by atoms with van der Waals surface area (Å²) in [6.07, 6.45) is 4.98. The van der Waals surface area contributed by atoms with Crippen molar-refractivity contribution in [2.24, 2.45) is 0 Å². The van der Waals surface area contributed by atoms with E-state index in [-0.39, 0.29) is 11.9 Å². The van der Waals surface area contributed by atoms with Gasteiger partial charge in [-0.1, -0.05) is 17.3 Å². The van der Waals surface area contributed by atoms with Gasteiger partial charge >= 0.3 is 0 Å². The molecule has 1 amide bonds. The summed E-state index contributed by atoms with van der Waals surface area (Å²) in [5.41, 5.74) is 2.30. The standard InChI is InChI=1S/C17H17N5O2/c1-12(20-16(23)15-4-3-9-18-17(15)24-2)13-5-7-14(8-6-13)22-11-10-19-21-22/h3-12H,1-2H3,(H,20,23)/t12-/m1/s1. The first kappa shape index (κ1) is 15.7. The second-order valence-corrected chi connectivity index (χ2v) is 5.19. The number of hydrogen-bond donors (Lipinski definition) is 1. The minimum atomic E-state index is -0.229. The van der Waals surface area contributed by atoms with Crippen LogP contribution in [0.2, 0.25) is 0 Å². The molecule has 0 fully saturated rings. The van der Waals surface area contributed by atoms with Crippen LogP contribution in [0, 0.1) is 0 Å². The van der Waals surface area contributed by atoms with E-state index in [2.05, 4.69) is 20.6 Å². The van der Waals surface area contributed by atoms with Crippen LogP contribution in [0.4, 0.5) is 0 Å². The molecule has 0 radical (unpaired) electrons. The predicted octanol–water partition coefficient (Wildman–Crippen LogP) is 2.16. The van der Waals surface area contributed by atoms with Crippen LogP contribution in [0.3, 0.4) is 0 Å². The zero-order valence-electron chi connectivity index (χ0n) is 13.4. The highest BCUT2D eigenvalue weighted by Crippen LogP contribution is 2.18. The van der Waals surface area contributed by atoms with Gasteiger partial charge in [-0.3, -0.25) is 4.79 Å². The molecule has 2 aromatic heterocycles. The van der Waals surface area contributed by atoms with Gasteiger partial charge in [0.2, 0.25) is 5.88 Å². The summed E-state index contributed by atoms with van der Waals surface area (Å²) in [5, 5.41) is 10.7. The number of aromatic nitrogens is 4. The number of carbonyl (C=O) groups is 1. The molecule has 0 saturated carbocycles. The third-order valence-electron chi connectivity index (χ3n) is 3.64. The molecule has 1 aromatic carbocycles. The summed E-state index contributed by atoms with van der Waals surface area (Å²) in [5.74, 6) is 0.0801. The molecule has 0 spiro atoms. The van der Waals surface area contributed by atoms with Crippen LogP contribution in [0.1, 0.15) is 28.9 Å². The number of nitrogens with zero attached hydrogens (tertiary/aromatic N) is 4. The van der Waals surface area contributed by atoms with Gasteiger partial charge < -0.3 is 10.1 Å². The fourth-order valence-electron chi connectivity index (χ4n) is 2.35. The maximum atomic E-state index is 12.4. The summed E-state index contributed by atoms with van der Waals surface area (Å²) in [7, 11) is 1.49. The highest BCUT2D eigenvalue weighted by Gasteiger charge is 2.16. The molecule has 3 rings (SSSR count). The smallest absolute Gasteiger partial charge is 0.257 e. The van der Waals surface area contributed by atoms with Gasteiger partial charge in [0.25, 0.3) is 5.91 Å². The lowest BCUT2D eigenvalue weighted by atomic mass is 10.1. The molecule has 1 N–H and O–H groups in total. The quantitative estimate of drug-likeness (QED) is 0.778. The molecule has 0 aliphatic rings. The summed E-state index contributed by atoms with van der Waals surface area (Å²) in [6, 6.07) is 11.0. The molecule has 122 valence electrons. The minimum absolute atomic E-state index is 0.160. The van der Waals surface area contributed by atoms with E-state index >= 15 is 0 Å². The highest BCUT2D eigenvalue weighted by molar-refractivity contribution is 5.96. The van der Waals surface area contributed by atoms with E-state index in [4.69, 9.17) is 4.74 Å². The van der Waals surface area contributed by atoms with Gasteiger partial charge in [-0.25, -0.2) is 9.67 Å². The molecule has 7 nitrogen and oxygen atoms in total. The lowest BCUT2D eigenvalue weighted by Gasteiger charge is -2.15. The predicted molar refractivity (Wildman–Crippen MR) is 88.0 cm³/mol. The third-order valence-corrected chi connectivity index (χ3v) is 3.64. The lowest BCUT2D eigenvalue weighted by Crippen LogP contribution is -2.27. The molecule has 1 atom stereocenters. The second kappa shape index (κ2) is 6.91. The summed E-state index contributed by atoms with van der Waals surface area (Å²) in [4.78, 5) is 16.4. The molecule has 24 heavy (non-hydrogen) atoms. The van der Waals surface area contributed by atoms with Crippen LogP contribution in [0.25, 0.3) is 5.69 Å². The van der Waals surface area contributed by atoms with Crippen molar-refractivity contribution in [3.05, 3.63) is 66.1 Å². The Morgan fingerprint density at radius 1 is 1.21 bits per heavy atom. The van der Waals surface area contributed by atoms with E-state index in [1.807, 2.05) is 31.2 Å². The summed E-state index contributed by atoms with van der Waals surface area (Å²) in [6.45, 7) is 1.92. The van der Waals surface area contributed by atoms with Crippen molar-refractivity contribution in [2.75, 3.05) is 7.11 Å². The summed E-state index contributed by atoms with van der Waals surface area (Å²) >= 11 is 0. The number of carbonyl (C=O) groups excluding carboxylic acids is 1. The normalized spacial score (nSPS) is 11.8. The van der Waals surface area contributed by atoms with Gasteiger partial charge in [0.1, 0.15) is 5.56 Å². The maximum Gasteiger partial charge on any atom is 0.257 e. The maximum absolute atomic E-state index is 12.4. The molecule has 0 unspecified atom stereocenters. The van der Waals surface area contributed by atoms with Gasteiger partial charge in [-0.15, -0.1) is 5.10 Å². The number of benzene rings is 1. The van der Waals surface area contributed by atoms with E-state index in [0.29, 0.717) is 11.4 Å². The fourth-order valence-corrected chi connectivity index (χ4v) is 2.35. The van der Waals surface area contributed by atoms with E-state index in [1.165, 1.54) is 7.11 Å². The Bertz CT molecular complexity index is 815. The highest BCUT2D eigenvalue weighted by atomic mass is 16.5. The molecule has 0 aliphatic carbocycles. The molecule has 0 saturated heterocycles. The fraction of sp³-hybridized carbons (Fsp3) is 0.176.